The molecule has 0 aromatic rings. The van der Waals surface area contributed by atoms with Gasteiger partial charge in [-0.3, -0.25) is 4.79 Å². The summed E-state index contributed by atoms with van der Waals surface area (Å²) in [5.41, 5.74) is -0.143. The molecule has 4 aliphatic rings. The van der Waals surface area contributed by atoms with Crippen molar-refractivity contribution >= 4 is 5.97 Å². The van der Waals surface area contributed by atoms with Gasteiger partial charge in [-0.05, 0) is 97.7 Å². The Morgan fingerprint density at radius 1 is 1.03 bits per heavy atom. The van der Waals surface area contributed by atoms with Crippen LogP contribution >= 0.6 is 0 Å². The maximum absolute atomic E-state index is 11.5. The fraction of sp³-hybridized carbons (Fsp3) is 0.958. The van der Waals surface area contributed by atoms with Crippen LogP contribution in [0.15, 0.2) is 0 Å². The van der Waals surface area contributed by atoms with Crippen molar-refractivity contribution in [2.75, 3.05) is 0 Å². The summed E-state index contributed by atoms with van der Waals surface area (Å²) in [6, 6.07) is 0. The molecule has 4 N–H and O–H groups in total. The first-order valence-electron chi connectivity index (χ1n) is 11.8. The van der Waals surface area contributed by atoms with E-state index in [1.807, 2.05) is 0 Å². The molecule has 0 aromatic heterocycles. The molecule has 0 spiro atoms. The first-order chi connectivity index (χ1) is 13.6. The third kappa shape index (κ3) is 3.76. The van der Waals surface area contributed by atoms with E-state index in [0.717, 1.165) is 44.9 Å². The fourth-order valence-corrected chi connectivity index (χ4v) is 8.68. The topological polar surface area (TPSA) is 98.0 Å². The molecule has 6 heteroatoms. The van der Waals surface area contributed by atoms with Gasteiger partial charge in [0.05, 0.1) is 18.3 Å². The Kier molecular flexibility index (Phi) is 7.25. The van der Waals surface area contributed by atoms with Crippen LogP contribution in [0.25, 0.3) is 0 Å². The molecule has 0 amide bonds. The summed E-state index contributed by atoms with van der Waals surface area (Å²) in [4.78, 5) is 11.1. The van der Waals surface area contributed by atoms with Gasteiger partial charge in [-0.1, -0.05) is 20.8 Å². The van der Waals surface area contributed by atoms with Crippen LogP contribution in [-0.2, 0) is 27.2 Å². The Bertz CT molecular complexity index is 643. The number of rotatable bonds is 4. The molecule has 0 saturated heterocycles. The maximum atomic E-state index is 11.5. The van der Waals surface area contributed by atoms with Crippen LogP contribution in [0.2, 0.25) is 0 Å². The minimum Gasteiger partial charge on any atom is -0.481 e. The molecule has 4 rings (SSSR count). The van der Waals surface area contributed by atoms with Gasteiger partial charge in [-0.2, -0.15) is 0 Å². The van der Waals surface area contributed by atoms with Crippen LogP contribution in [0.5, 0.6) is 0 Å². The van der Waals surface area contributed by atoms with Crippen molar-refractivity contribution in [2.24, 2.45) is 46.3 Å². The van der Waals surface area contributed by atoms with Crippen LogP contribution in [0.4, 0.5) is 0 Å². The van der Waals surface area contributed by atoms with Crippen LogP contribution < -0.4 is 0 Å². The maximum Gasteiger partial charge on any atom is 0.303 e. The number of hydrogen-bond donors (Lipinski definition) is 4. The van der Waals surface area contributed by atoms with Gasteiger partial charge in [0.1, 0.15) is 0 Å². The Hall–Kier alpha value is 0.0903. The minimum atomic E-state index is -0.748. The van der Waals surface area contributed by atoms with Gasteiger partial charge in [0.2, 0.25) is 0 Å². The molecule has 1 radical (unpaired) electrons. The van der Waals surface area contributed by atoms with Crippen molar-refractivity contribution in [3.63, 3.8) is 0 Å². The number of carboxylic acid groups (broad SMARTS) is 1. The van der Waals surface area contributed by atoms with Crippen molar-refractivity contribution < 1.29 is 47.6 Å². The third-order valence-corrected chi connectivity index (χ3v) is 10.3. The summed E-state index contributed by atoms with van der Waals surface area (Å²) in [5, 5.41) is 42.0. The summed E-state index contributed by atoms with van der Waals surface area (Å²) in [6.45, 7) is 6.72. The number of aliphatic carboxylic acids is 1. The number of aliphatic hydroxyl groups is 3. The van der Waals surface area contributed by atoms with E-state index in [4.69, 9.17) is 5.11 Å². The van der Waals surface area contributed by atoms with E-state index in [9.17, 15) is 20.1 Å². The van der Waals surface area contributed by atoms with Crippen molar-refractivity contribution in [1.82, 2.24) is 0 Å². The predicted molar refractivity (Wildman–Crippen MR) is 110 cm³/mol. The molecule has 0 bridgehead atoms. The van der Waals surface area contributed by atoms with Gasteiger partial charge < -0.3 is 20.4 Å². The smallest absolute Gasteiger partial charge is 0.303 e. The quantitative estimate of drug-likeness (QED) is 0.369. The molecule has 4 aliphatic carbocycles. The summed E-state index contributed by atoms with van der Waals surface area (Å²) >= 11 is 0. The minimum absolute atomic E-state index is 0. The monoisotopic (exact) mass is 605 g/mol. The average molecular weight is 606 g/mol. The van der Waals surface area contributed by atoms with Crippen LogP contribution in [0.1, 0.15) is 78.6 Å². The molecule has 5 nitrogen and oxygen atoms in total. The van der Waals surface area contributed by atoms with Gasteiger partial charge in [0.15, 0.2) is 0 Å². The number of hydrogen-bond acceptors (Lipinski definition) is 4. The van der Waals surface area contributed by atoms with Gasteiger partial charge in [-0.15, -0.1) is 0 Å². The van der Waals surface area contributed by atoms with Crippen LogP contribution in [-0.4, -0.2) is 44.7 Å². The molecule has 4 saturated carbocycles. The van der Waals surface area contributed by atoms with E-state index in [1.54, 1.807) is 0 Å². The number of carbonyl (C=O) groups is 1. The normalized spacial score (nSPS) is 51.1. The SMILES string of the molecule is CC(CCC(=O)O)C1CCC2C3C(O)CC4CC(O)CCC4(C)C3CC(O)C12C.[Au]. The van der Waals surface area contributed by atoms with Gasteiger partial charge >= 0.3 is 5.97 Å². The van der Waals surface area contributed by atoms with E-state index in [0.29, 0.717) is 30.1 Å². The van der Waals surface area contributed by atoms with Crippen molar-refractivity contribution in [3.8, 4) is 0 Å². The Morgan fingerprint density at radius 2 is 1.73 bits per heavy atom. The molecule has 11 unspecified atom stereocenters. The second kappa shape index (κ2) is 8.79. The largest absolute Gasteiger partial charge is 0.481 e. The summed E-state index contributed by atoms with van der Waals surface area (Å²) in [6.07, 6.45) is 6.00. The van der Waals surface area contributed by atoms with Gasteiger partial charge in [-0.25, -0.2) is 0 Å². The van der Waals surface area contributed by atoms with Gasteiger partial charge in [0, 0.05) is 28.8 Å². The van der Waals surface area contributed by atoms with Crippen molar-refractivity contribution in [1.29, 1.82) is 0 Å². The van der Waals surface area contributed by atoms with Crippen molar-refractivity contribution in [3.05, 3.63) is 0 Å². The second-order valence-corrected chi connectivity index (χ2v) is 11.4. The van der Waals surface area contributed by atoms with E-state index in [2.05, 4.69) is 20.8 Å². The Labute approximate surface area is 196 Å². The molecular weight excluding hydrogens is 565 g/mol. The first kappa shape index (κ1) is 24.7. The average Bonchev–Trinajstić information content (AvgIpc) is 3.01. The molecule has 0 aliphatic heterocycles. The number of fused-ring (bicyclic) bond motifs is 5. The molecule has 0 heterocycles. The third-order valence-electron chi connectivity index (χ3n) is 10.3. The standard InChI is InChI=1S/C24H40O5.Au/c1-13(4-7-21(28)29)16-5-6-17-22-18(12-20(27)24(16,17)3)23(2)9-8-15(25)10-14(23)11-19(22)26;/h13-20,22,25-27H,4-12H2,1-3H3,(H,28,29);. The Morgan fingerprint density at radius 3 is 2.40 bits per heavy atom. The zero-order chi connectivity index (χ0) is 21.1. The predicted octanol–water partition coefficient (Wildman–Crippen LogP) is 3.45. The zero-order valence-corrected chi connectivity index (χ0v) is 20.7. The molecule has 177 valence electrons. The number of aliphatic hydroxyl groups excluding tert-OH is 3. The van der Waals surface area contributed by atoms with E-state index >= 15 is 0 Å². The zero-order valence-electron chi connectivity index (χ0n) is 18.6. The molecule has 11 atom stereocenters. The molecular formula is C24H40AuO5. The second-order valence-electron chi connectivity index (χ2n) is 11.4. The summed E-state index contributed by atoms with van der Waals surface area (Å²) in [7, 11) is 0. The number of carboxylic acids is 1. The summed E-state index contributed by atoms with van der Waals surface area (Å²) < 4.78 is 0. The first-order valence-corrected chi connectivity index (χ1v) is 11.8. The Balaban J connectivity index is 0.00000256. The van der Waals surface area contributed by atoms with Crippen LogP contribution in [0, 0.1) is 46.3 Å². The van der Waals surface area contributed by atoms with E-state index in [-0.39, 0.29) is 63.7 Å². The van der Waals surface area contributed by atoms with Gasteiger partial charge in [0.25, 0.3) is 0 Å². The van der Waals surface area contributed by atoms with E-state index < -0.39 is 12.1 Å². The van der Waals surface area contributed by atoms with E-state index in [1.165, 1.54) is 0 Å². The van der Waals surface area contributed by atoms with Crippen molar-refractivity contribution in [2.45, 2.75) is 96.9 Å². The molecule has 30 heavy (non-hydrogen) atoms. The molecule has 4 fully saturated rings. The molecule has 0 aromatic carbocycles. The fourth-order valence-electron chi connectivity index (χ4n) is 8.68. The van der Waals surface area contributed by atoms with Crippen LogP contribution in [0.3, 0.4) is 0 Å². The summed E-state index contributed by atoms with van der Waals surface area (Å²) in [5.74, 6) is 0.997.